The Kier molecular flexibility index (Phi) is 3.47. The first kappa shape index (κ1) is 11.7. The highest BCUT2D eigenvalue weighted by atomic mass is 15.1. The minimum atomic E-state index is 0.565. The van der Waals surface area contributed by atoms with E-state index in [1.165, 1.54) is 11.1 Å². The van der Waals surface area contributed by atoms with Crippen molar-refractivity contribution in [2.45, 2.75) is 32.6 Å². The number of H-pyrrole nitrogens is 1. The third kappa shape index (κ3) is 3.09. The quantitative estimate of drug-likeness (QED) is 0.847. The molecule has 3 heteroatoms. The fraction of sp³-hybridized carbons (Fsp3) is 0.357. The molecule has 0 saturated heterocycles. The van der Waals surface area contributed by atoms with Gasteiger partial charge in [0, 0.05) is 11.8 Å². The predicted octanol–water partition coefficient (Wildman–Crippen LogP) is 2.90. The Morgan fingerprint density at radius 3 is 2.41 bits per heavy atom. The third-order valence-electron chi connectivity index (χ3n) is 2.98. The molecule has 0 fully saturated rings. The fourth-order valence-corrected chi connectivity index (χ4v) is 1.86. The summed E-state index contributed by atoms with van der Waals surface area (Å²) in [4.78, 5) is 0. The summed E-state index contributed by atoms with van der Waals surface area (Å²) in [6, 6.07) is 10.7. The minimum absolute atomic E-state index is 0.565. The van der Waals surface area contributed by atoms with E-state index in [2.05, 4.69) is 48.3 Å². The standard InChI is InChI=1S/C14H19N3/c1-10(2)12-6-3-11(4-7-12)5-8-13-9-14(15)17-16-13/h3-4,6-7,9-10H,5,8H2,1-2H3,(H3,15,16,17). The molecular formula is C14H19N3. The zero-order chi connectivity index (χ0) is 12.3. The second-order valence-corrected chi connectivity index (χ2v) is 4.71. The molecule has 0 unspecified atom stereocenters. The molecule has 0 amide bonds. The number of nitrogens with one attached hydrogen (secondary N) is 1. The van der Waals surface area contributed by atoms with E-state index in [-0.39, 0.29) is 0 Å². The van der Waals surface area contributed by atoms with Crippen molar-refractivity contribution in [2.75, 3.05) is 5.73 Å². The summed E-state index contributed by atoms with van der Waals surface area (Å²) >= 11 is 0. The molecule has 2 aromatic rings. The molecule has 1 aromatic heterocycles. The topological polar surface area (TPSA) is 54.7 Å². The van der Waals surface area contributed by atoms with Gasteiger partial charge in [-0.1, -0.05) is 38.1 Å². The smallest absolute Gasteiger partial charge is 0.145 e. The summed E-state index contributed by atoms with van der Waals surface area (Å²) in [6.07, 6.45) is 1.96. The van der Waals surface area contributed by atoms with Gasteiger partial charge >= 0.3 is 0 Å². The van der Waals surface area contributed by atoms with Crippen LogP contribution in [-0.2, 0) is 12.8 Å². The molecule has 1 heterocycles. The number of nitrogen functional groups attached to an aromatic ring is 1. The summed E-state index contributed by atoms with van der Waals surface area (Å²) in [5.74, 6) is 1.16. The van der Waals surface area contributed by atoms with Crippen LogP contribution in [0.5, 0.6) is 0 Å². The summed E-state index contributed by atoms with van der Waals surface area (Å²) in [7, 11) is 0. The molecule has 3 N–H and O–H groups in total. The van der Waals surface area contributed by atoms with E-state index in [0.29, 0.717) is 11.7 Å². The van der Waals surface area contributed by atoms with Crippen LogP contribution in [-0.4, -0.2) is 10.2 Å². The van der Waals surface area contributed by atoms with Gasteiger partial charge in [-0.05, 0) is 29.9 Å². The lowest BCUT2D eigenvalue weighted by Crippen LogP contribution is -1.93. The van der Waals surface area contributed by atoms with Crippen molar-refractivity contribution in [1.82, 2.24) is 10.2 Å². The highest BCUT2D eigenvalue weighted by Crippen LogP contribution is 2.15. The second kappa shape index (κ2) is 5.04. The minimum Gasteiger partial charge on any atom is -0.382 e. The molecule has 0 bridgehead atoms. The number of anilines is 1. The lowest BCUT2D eigenvalue weighted by Gasteiger charge is -2.06. The number of hydrogen-bond donors (Lipinski definition) is 2. The van der Waals surface area contributed by atoms with Crippen molar-refractivity contribution in [3.05, 3.63) is 47.2 Å². The normalized spacial score (nSPS) is 11.0. The Balaban J connectivity index is 1.95. The monoisotopic (exact) mass is 229 g/mol. The van der Waals surface area contributed by atoms with E-state index in [0.717, 1.165) is 18.5 Å². The molecule has 0 saturated carbocycles. The van der Waals surface area contributed by atoms with Gasteiger partial charge in [0.15, 0.2) is 0 Å². The van der Waals surface area contributed by atoms with Crippen LogP contribution in [0.2, 0.25) is 0 Å². The van der Waals surface area contributed by atoms with E-state index < -0.39 is 0 Å². The number of aryl methyl sites for hydroxylation is 2. The van der Waals surface area contributed by atoms with E-state index in [9.17, 15) is 0 Å². The van der Waals surface area contributed by atoms with Gasteiger partial charge in [-0.2, -0.15) is 5.10 Å². The van der Waals surface area contributed by atoms with Crippen molar-refractivity contribution < 1.29 is 0 Å². The average Bonchev–Trinajstić information content (AvgIpc) is 2.73. The summed E-state index contributed by atoms with van der Waals surface area (Å²) < 4.78 is 0. The Bertz CT molecular complexity index is 468. The number of nitrogens with zero attached hydrogens (tertiary/aromatic N) is 1. The molecule has 3 nitrogen and oxygen atoms in total. The molecule has 90 valence electrons. The molecule has 0 aliphatic heterocycles. The first-order valence-electron chi connectivity index (χ1n) is 6.04. The van der Waals surface area contributed by atoms with Gasteiger partial charge in [-0.3, -0.25) is 5.10 Å². The number of hydrogen-bond acceptors (Lipinski definition) is 2. The first-order chi connectivity index (χ1) is 8.15. The maximum Gasteiger partial charge on any atom is 0.145 e. The Morgan fingerprint density at radius 2 is 1.88 bits per heavy atom. The molecule has 0 spiro atoms. The number of benzene rings is 1. The lowest BCUT2D eigenvalue weighted by molar-refractivity contribution is 0.859. The highest BCUT2D eigenvalue weighted by molar-refractivity contribution is 5.29. The van der Waals surface area contributed by atoms with Crippen LogP contribution in [0.1, 0.15) is 36.6 Å². The molecule has 2 rings (SSSR count). The van der Waals surface area contributed by atoms with E-state index >= 15 is 0 Å². The van der Waals surface area contributed by atoms with Gasteiger partial charge in [0.1, 0.15) is 5.82 Å². The number of nitrogens with two attached hydrogens (primary N) is 1. The maximum absolute atomic E-state index is 5.56. The van der Waals surface area contributed by atoms with Gasteiger partial charge in [0.25, 0.3) is 0 Å². The van der Waals surface area contributed by atoms with Crippen LogP contribution in [0.15, 0.2) is 30.3 Å². The fourth-order valence-electron chi connectivity index (χ4n) is 1.86. The van der Waals surface area contributed by atoms with Crippen molar-refractivity contribution in [2.24, 2.45) is 0 Å². The van der Waals surface area contributed by atoms with Gasteiger partial charge in [-0.25, -0.2) is 0 Å². The van der Waals surface area contributed by atoms with E-state index in [1.54, 1.807) is 0 Å². The Morgan fingerprint density at radius 1 is 1.18 bits per heavy atom. The van der Waals surface area contributed by atoms with Gasteiger partial charge in [0.05, 0.1) is 0 Å². The Labute approximate surface area is 102 Å². The van der Waals surface area contributed by atoms with Crippen LogP contribution in [0.4, 0.5) is 5.82 Å². The van der Waals surface area contributed by atoms with Gasteiger partial charge < -0.3 is 5.73 Å². The van der Waals surface area contributed by atoms with E-state index in [1.807, 2.05) is 6.07 Å². The van der Waals surface area contributed by atoms with Crippen molar-refractivity contribution in [3.63, 3.8) is 0 Å². The second-order valence-electron chi connectivity index (χ2n) is 4.71. The van der Waals surface area contributed by atoms with Crippen LogP contribution in [0, 0.1) is 0 Å². The lowest BCUT2D eigenvalue weighted by atomic mass is 10.00. The first-order valence-corrected chi connectivity index (χ1v) is 6.04. The third-order valence-corrected chi connectivity index (χ3v) is 2.98. The summed E-state index contributed by atoms with van der Waals surface area (Å²) in [5.41, 5.74) is 9.39. The zero-order valence-electron chi connectivity index (χ0n) is 10.4. The number of aromatic amines is 1. The molecule has 0 radical (unpaired) electrons. The largest absolute Gasteiger partial charge is 0.382 e. The van der Waals surface area contributed by atoms with Gasteiger partial charge in [-0.15, -0.1) is 0 Å². The van der Waals surface area contributed by atoms with Gasteiger partial charge in [0.2, 0.25) is 0 Å². The highest BCUT2D eigenvalue weighted by Gasteiger charge is 2.01. The van der Waals surface area contributed by atoms with Crippen LogP contribution >= 0.6 is 0 Å². The SMILES string of the molecule is CC(C)c1ccc(CCc2cc(N)n[nH]2)cc1. The predicted molar refractivity (Wildman–Crippen MR) is 70.9 cm³/mol. The molecule has 0 atom stereocenters. The van der Waals surface area contributed by atoms with Crippen LogP contribution in [0.3, 0.4) is 0 Å². The van der Waals surface area contributed by atoms with Crippen molar-refractivity contribution in [1.29, 1.82) is 0 Å². The van der Waals surface area contributed by atoms with Crippen molar-refractivity contribution in [3.8, 4) is 0 Å². The molecule has 17 heavy (non-hydrogen) atoms. The number of rotatable bonds is 4. The van der Waals surface area contributed by atoms with Crippen LogP contribution in [0.25, 0.3) is 0 Å². The molecule has 0 aliphatic carbocycles. The number of aromatic nitrogens is 2. The molecule has 1 aromatic carbocycles. The molecular weight excluding hydrogens is 210 g/mol. The Hall–Kier alpha value is -1.77. The maximum atomic E-state index is 5.56. The zero-order valence-corrected chi connectivity index (χ0v) is 10.4. The summed E-state index contributed by atoms with van der Waals surface area (Å²) in [5, 5.41) is 6.85. The molecule has 0 aliphatic rings. The van der Waals surface area contributed by atoms with E-state index in [4.69, 9.17) is 5.73 Å². The summed E-state index contributed by atoms with van der Waals surface area (Å²) in [6.45, 7) is 4.42. The average molecular weight is 229 g/mol. The van der Waals surface area contributed by atoms with Crippen LogP contribution < -0.4 is 5.73 Å². The van der Waals surface area contributed by atoms with Crippen molar-refractivity contribution >= 4 is 5.82 Å².